The molecular formula is C16H16N2O. The fraction of sp³-hybridized carbons (Fsp3) is 0.188. The third-order valence-electron chi connectivity index (χ3n) is 3.60. The van der Waals surface area contributed by atoms with Crippen molar-refractivity contribution in [3.63, 3.8) is 0 Å². The van der Waals surface area contributed by atoms with Gasteiger partial charge in [0.1, 0.15) is 6.10 Å². The predicted octanol–water partition coefficient (Wildman–Crippen LogP) is 3.03. The molecule has 2 heterocycles. The smallest absolute Gasteiger partial charge is 0.108 e. The third-order valence-corrected chi connectivity index (χ3v) is 3.60. The van der Waals surface area contributed by atoms with Gasteiger partial charge in [-0.2, -0.15) is 5.10 Å². The van der Waals surface area contributed by atoms with Gasteiger partial charge in [0.05, 0.1) is 11.7 Å². The molecule has 1 atom stereocenters. The summed E-state index contributed by atoms with van der Waals surface area (Å²) in [7, 11) is 0. The molecular weight excluding hydrogens is 236 g/mol. The Morgan fingerprint density at radius 1 is 1.11 bits per heavy atom. The number of rotatable bonds is 2. The lowest BCUT2D eigenvalue weighted by atomic mass is 9.99. The summed E-state index contributed by atoms with van der Waals surface area (Å²) < 4.78 is 1.78. The number of benzene rings is 1. The van der Waals surface area contributed by atoms with E-state index in [0.29, 0.717) is 0 Å². The maximum absolute atomic E-state index is 10.5. The number of aliphatic hydroxyl groups excluding tert-OH is 1. The molecule has 0 saturated carbocycles. The molecule has 19 heavy (non-hydrogen) atoms. The second-order valence-electron chi connectivity index (χ2n) is 4.88. The van der Waals surface area contributed by atoms with Gasteiger partial charge in [-0.05, 0) is 42.7 Å². The first-order valence-corrected chi connectivity index (χ1v) is 6.34. The first-order chi connectivity index (χ1) is 9.16. The Labute approximate surface area is 112 Å². The highest BCUT2D eigenvalue weighted by Gasteiger charge is 2.15. The minimum atomic E-state index is -0.640. The maximum atomic E-state index is 10.5. The highest BCUT2D eigenvalue weighted by molar-refractivity contribution is 5.56. The highest BCUT2D eigenvalue weighted by atomic mass is 16.3. The zero-order chi connectivity index (χ0) is 13.4. The molecule has 3 aromatic rings. The number of aromatic nitrogens is 2. The van der Waals surface area contributed by atoms with Crippen molar-refractivity contribution < 1.29 is 5.11 Å². The van der Waals surface area contributed by atoms with Gasteiger partial charge in [-0.1, -0.05) is 24.3 Å². The molecule has 2 aromatic heterocycles. The number of hydrogen-bond donors (Lipinski definition) is 1. The lowest BCUT2D eigenvalue weighted by Crippen LogP contribution is -2.00. The molecule has 0 radical (unpaired) electrons. The standard InChI is InChI=1S/C16H16N2O/c1-11-6-7-13(9-12(11)2)16(19)14-10-17-18-8-4-3-5-15(14)18/h3-10,16,19H,1-2H3. The Kier molecular flexibility index (Phi) is 2.84. The van der Waals surface area contributed by atoms with E-state index in [1.807, 2.05) is 42.6 Å². The lowest BCUT2D eigenvalue weighted by molar-refractivity contribution is 0.221. The van der Waals surface area contributed by atoms with Gasteiger partial charge < -0.3 is 5.11 Å². The van der Waals surface area contributed by atoms with Crippen molar-refractivity contribution in [2.75, 3.05) is 0 Å². The van der Waals surface area contributed by atoms with Crippen LogP contribution in [0.1, 0.15) is 28.4 Å². The molecule has 0 saturated heterocycles. The van der Waals surface area contributed by atoms with Crippen LogP contribution in [0.4, 0.5) is 0 Å². The van der Waals surface area contributed by atoms with E-state index in [1.165, 1.54) is 11.1 Å². The number of fused-ring (bicyclic) bond motifs is 1. The Morgan fingerprint density at radius 2 is 1.95 bits per heavy atom. The molecule has 96 valence electrons. The summed E-state index contributed by atoms with van der Waals surface area (Å²) in [6.45, 7) is 4.13. The van der Waals surface area contributed by atoms with E-state index in [4.69, 9.17) is 0 Å². The molecule has 0 bridgehead atoms. The van der Waals surface area contributed by atoms with Crippen LogP contribution >= 0.6 is 0 Å². The van der Waals surface area contributed by atoms with Gasteiger partial charge in [0.15, 0.2) is 0 Å². The van der Waals surface area contributed by atoms with E-state index < -0.39 is 6.10 Å². The molecule has 0 aliphatic rings. The lowest BCUT2D eigenvalue weighted by Gasteiger charge is -2.11. The van der Waals surface area contributed by atoms with Crippen molar-refractivity contribution in [2.24, 2.45) is 0 Å². The Hall–Kier alpha value is -2.13. The molecule has 3 heteroatoms. The minimum Gasteiger partial charge on any atom is -0.384 e. The zero-order valence-corrected chi connectivity index (χ0v) is 11.0. The van der Waals surface area contributed by atoms with E-state index >= 15 is 0 Å². The average Bonchev–Trinajstić information content (AvgIpc) is 2.85. The Balaban J connectivity index is 2.08. The van der Waals surface area contributed by atoms with Crippen LogP contribution in [-0.2, 0) is 0 Å². The zero-order valence-electron chi connectivity index (χ0n) is 11.0. The number of aryl methyl sites for hydroxylation is 2. The van der Waals surface area contributed by atoms with Crippen molar-refractivity contribution in [2.45, 2.75) is 20.0 Å². The third kappa shape index (κ3) is 2.02. The van der Waals surface area contributed by atoms with Crippen LogP contribution < -0.4 is 0 Å². The number of hydrogen-bond acceptors (Lipinski definition) is 2. The van der Waals surface area contributed by atoms with E-state index in [1.54, 1.807) is 10.7 Å². The van der Waals surface area contributed by atoms with Crippen molar-refractivity contribution in [3.8, 4) is 0 Å². The summed E-state index contributed by atoms with van der Waals surface area (Å²) in [5.74, 6) is 0. The topological polar surface area (TPSA) is 37.5 Å². The molecule has 1 N–H and O–H groups in total. The van der Waals surface area contributed by atoms with E-state index in [2.05, 4.69) is 18.9 Å². The largest absolute Gasteiger partial charge is 0.384 e. The molecule has 3 rings (SSSR count). The highest BCUT2D eigenvalue weighted by Crippen LogP contribution is 2.26. The fourth-order valence-electron chi connectivity index (χ4n) is 2.28. The van der Waals surface area contributed by atoms with Crippen LogP contribution in [0.25, 0.3) is 5.52 Å². The first kappa shape index (κ1) is 11.9. The molecule has 3 nitrogen and oxygen atoms in total. The quantitative estimate of drug-likeness (QED) is 0.761. The number of aliphatic hydroxyl groups is 1. The summed E-state index contributed by atoms with van der Waals surface area (Å²) in [6, 6.07) is 11.9. The normalized spacial score (nSPS) is 12.8. The van der Waals surface area contributed by atoms with Gasteiger partial charge in [0, 0.05) is 11.8 Å². The van der Waals surface area contributed by atoms with Crippen molar-refractivity contribution in [1.82, 2.24) is 9.61 Å². The maximum Gasteiger partial charge on any atom is 0.108 e. The van der Waals surface area contributed by atoms with Gasteiger partial charge in [-0.3, -0.25) is 0 Å². The molecule has 0 amide bonds. The molecule has 1 unspecified atom stereocenters. The van der Waals surface area contributed by atoms with Gasteiger partial charge in [-0.25, -0.2) is 4.52 Å². The summed E-state index contributed by atoms with van der Waals surface area (Å²) >= 11 is 0. The second-order valence-corrected chi connectivity index (χ2v) is 4.88. The molecule has 0 spiro atoms. The second kappa shape index (κ2) is 4.52. The summed E-state index contributed by atoms with van der Waals surface area (Å²) in [6.07, 6.45) is 2.97. The number of pyridine rings is 1. The van der Waals surface area contributed by atoms with Crippen molar-refractivity contribution in [3.05, 3.63) is 71.0 Å². The SMILES string of the molecule is Cc1ccc(C(O)c2cnn3ccccc23)cc1C. The van der Waals surface area contributed by atoms with Gasteiger partial charge in [0.2, 0.25) is 0 Å². The summed E-state index contributed by atoms with van der Waals surface area (Å²) in [5.41, 5.74) is 5.10. The minimum absolute atomic E-state index is 0.640. The van der Waals surface area contributed by atoms with E-state index in [-0.39, 0.29) is 0 Å². The van der Waals surface area contributed by atoms with Gasteiger partial charge in [-0.15, -0.1) is 0 Å². The fourth-order valence-corrected chi connectivity index (χ4v) is 2.28. The monoisotopic (exact) mass is 252 g/mol. The van der Waals surface area contributed by atoms with Crippen molar-refractivity contribution >= 4 is 5.52 Å². The Bertz CT molecular complexity index is 730. The van der Waals surface area contributed by atoms with Crippen LogP contribution in [0.5, 0.6) is 0 Å². The van der Waals surface area contributed by atoms with Crippen LogP contribution in [0.15, 0.2) is 48.8 Å². The molecule has 0 fully saturated rings. The van der Waals surface area contributed by atoms with Gasteiger partial charge in [0.25, 0.3) is 0 Å². The summed E-state index contributed by atoms with van der Waals surface area (Å²) in [4.78, 5) is 0. The molecule has 0 aliphatic carbocycles. The predicted molar refractivity (Wildman–Crippen MR) is 75.2 cm³/mol. The number of nitrogens with zero attached hydrogens (tertiary/aromatic N) is 2. The molecule has 0 aliphatic heterocycles. The average molecular weight is 252 g/mol. The summed E-state index contributed by atoms with van der Waals surface area (Å²) in [5, 5.41) is 14.8. The van der Waals surface area contributed by atoms with Crippen molar-refractivity contribution in [1.29, 1.82) is 0 Å². The van der Waals surface area contributed by atoms with Crippen LogP contribution in [0.3, 0.4) is 0 Å². The first-order valence-electron chi connectivity index (χ1n) is 6.34. The van der Waals surface area contributed by atoms with Crippen LogP contribution in [0.2, 0.25) is 0 Å². The Morgan fingerprint density at radius 3 is 2.74 bits per heavy atom. The van der Waals surface area contributed by atoms with Crippen LogP contribution in [0, 0.1) is 13.8 Å². The van der Waals surface area contributed by atoms with Crippen LogP contribution in [-0.4, -0.2) is 14.7 Å². The van der Waals surface area contributed by atoms with E-state index in [0.717, 1.165) is 16.6 Å². The molecule has 1 aromatic carbocycles. The van der Waals surface area contributed by atoms with Gasteiger partial charge >= 0.3 is 0 Å². The van der Waals surface area contributed by atoms with E-state index in [9.17, 15) is 5.11 Å².